The Labute approximate surface area is 182 Å². The van der Waals surface area contributed by atoms with Gasteiger partial charge in [0.1, 0.15) is 22.8 Å². The molecule has 0 aliphatic heterocycles. The van der Waals surface area contributed by atoms with Gasteiger partial charge in [-0.2, -0.15) is 0 Å². The second kappa shape index (κ2) is 11.9. The zero-order valence-electron chi connectivity index (χ0n) is 16.5. The van der Waals surface area contributed by atoms with E-state index in [1.54, 1.807) is 6.07 Å². The molecule has 0 radical (unpaired) electrons. The summed E-state index contributed by atoms with van der Waals surface area (Å²) in [5, 5.41) is 0.623. The van der Waals surface area contributed by atoms with Gasteiger partial charge in [-0.1, -0.05) is 12.1 Å². The van der Waals surface area contributed by atoms with E-state index in [4.69, 9.17) is 32.9 Å². The predicted octanol–water partition coefficient (Wildman–Crippen LogP) is 2.19. The topological polar surface area (TPSA) is 119 Å². The van der Waals surface area contributed by atoms with Crippen molar-refractivity contribution in [3.63, 3.8) is 0 Å². The zero-order valence-corrected chi connectivity index (χ0v) is 18.0. The van der Waals surface area contributed by atoms with Crippen molar-refractivity contribution in [3.8, 4) is 0 Å². The van der Waals surface area contributed by atoms with Crippen molar-refractivity contribution in [2.24, 2.45) is 0 Å². The van der Waals surface area contributed by atoms with Crippen molar-refractivity contribution in [2.75, 3.05) is 28.3 Å². The quantitative estimate of drug-likeness (QED) is 0.479. The van der Waals surface area contributed by atoms with Crippen molar-refractivity contribution in [3.05, 3.63) is 59.2 Å². The number of aromatic nitrogens is 2. The maximum Gasteiger partial charge on any atom is 0.295 e. The highest BCUT2D eigenvalue weighted by Crippen LogP contribution is 2.06. The van der Waals surface area contributed by atoms with Gasteiger partial charge in [0.25, 0.3) is 22.3 Å². The van der Waals surface area contributed by atoms with Gasteiger partial charge in [-0.15, -0.1) is 0 Å². The van der Waals surface area contributed by atoms with Gasteiger partial charge in [-0.3, -0.25) is 28.9 Å². The monoisotopic (exact) mass is 456 g/mol. The van der Waals surface area contributed by atoms with Crippen LogP contribution in [0.15, 0.2) is 36.4 Å². The molecule has 10 nitrogen and oxygen atoms in total. The molecule has 0 N–H and O–H groups in total. The van der Waals surface area contributed by atoms with Crippen LogP contribution in [0.3, 0.4) is 0 Å². The van der Waals surface area contributed by atoms with Crippen LogP contribution in [0.5, 0.6) is 0 Å². The van der Waals surface area contributed by atoms with Crippen LogP contribution in [-0.4, -0.2) is 70.7 Å². The Morgan fingerprint density at radius 1 is 0.700 bits per heavy atom. The largest absolute Gasteiger partial charge is 0.295 e. The van der Waals surface area contributed by atoms with E-state index in [9.17, 15) is 19.2 Å². The summed E-state index contributed by atoms with van der Waals surface area (Å²) in [5.41, 5.74) is 0.274. The van der Waals surface area contributed by atoms with Gasteiger partial charge in [-0.05, 0) is 47.5 Å². The number of halogens is 2. The molecule has 30 heavy (non-hydrogen) atoms. The first-order valence-electron chi connectivity index (χ1n) is 8.10. The highest BCUT2D eigenvalue weighted by molar-refractivity contribution is 6.68. The van der Waals surface area contributed by atoms with E-state index in [2.05, 4.69) is 9.97 Å². The Bertz CT molecular complexity index is 874. The summed E-state index contributed by atoms with van der Waals surface area (Å²) >= 11 is 10.2. The lowest BCUT2D eigenvalue weighted by Crippen LogP contribution is -2.29. The van der Waals surface area contributed by atoms with Crippen LogP contribution in [0, 0.1) is 0 Å². The minimum absolute atomic E-state index is 0.0168. The molecule has 2 aromatic rings. The van der Waals surface area contributed by atoms with E-state index >= 15 is 0 Å². The Morgan fingerprint density at radius 3 is 1.30 bits per heavy atom. The summed E-state index contributed by atoms with van der Waals surface area (Å²) in [5.74, 6) is -0.876. The average Bonchev–Trinajstić information content (AvgIpc) is 2.77. The minimum Gasteiger partial charge on any atom is -0.274 e. The molecule has 0 aromatic carbocycles. The summed E-state index contributed by atoms with van der Waals surface area (Å²) in [6, 6.07) is 8.86. The molecule has 160 valence electrons. The van der Waals surface area contributed by atoms with Crippen LogP contribution in [0.25, 0.3) is 0 Å². The fraction of sp³-hybridized carbons (Fsp3) is 0.222. The average molecular weight is 457 g/mol. The van der Waals surface area contributed by atoms with E-state index in [-0.39, 0.29) is 22.8 Å². The molecule has 2 aromatic heterocycles. The van der Waals surface area contributed by atoms with Gasteiger partial charge in [0.2, 0.25) is 0 Å². The molecule has 0 saturated carbocycles. The molecular weight excluding hydrogens is 439 g/mol. The van der Waals surface area contributed by atoms with E-state index in [1.807, 2.05) is 0 Å². The Hall–Kier alpha value is -2.92. The number of hydrogen-bond donors (Lipinski definition) is 0. The maximum atomic E-state index is 11.8. The summed E-state index contributed by atoms with van der Waals surface area (Å²) in [7, 11) is 5.65. The maximum absolute atomic E-state index is 11.8. The molecule has 0 atom stereocenters. The normalized spacial score (nSPS) is 9.80. The number of nitrogens with zero attached hydrogens (tertiary/aromatic N) is 4. The van der Waals surface area contributed by atoms with Crippen LogP contribution in [-0.2, 0) is 9.68 Å². The van der Waals surface area contributed by atoms with Gasteiger partial charge in [0.05, 0.1) is 14.2 Å². The first-order valence-corrected chi connectivity index (χ1v) is 8.86. The van der Waals surface area contributed by atoms with Crippen molar-refractivity contribution in [2.45, 2.75) is 0 Å². The molecular formula is C18H18Cl2N4O6. The number of rotatable bonds is 6. The lowest BCUT2D eigenvalue weighted by atomic mass is 10.2. The third-order valence-electron chi connectivity index (χ3n) is 3.46. The highest BCUT2D eigenvalue weighted by Gasteiger charge is 2.17. The molecule has 12 heteroatoms. The Kier molecular flexibility index (Phi) is 9.99. The third-order valence-corrected chi connectivity index (χ3v) is 3.85. The lowest BCUT2D eigenvalue weighted by Gasteiger charge is -2.15. The van der Waals surface area contributed by atoms with Gasteiger partial charge in [-0.25, -0.2) is 20.1 Å². The van der Waals surface area contributed by atoms with Gasteiger partial charge >= 0.3 is 0 Å². The molecule has 2 heterocycles. The fourth-order valence-electron chi connectivity index (χ4n) is 1.82. The van der Waals surface area contributed by atoms with E-state index in [0.29, 0.717) is 0 Å². The van der Waals surface area contributed by atoms with Crippen LogP contribution in [0.4, 0.5) is 0 Å². The molecule has 0 aliphatic carbocycles. The first kappa shape index (κ1) is 25.1. The minimum atomic E-state index is -0.713. The first-order chi connectivity index (χ1) is 14.1. The van der Waals surface area contributed by atoms with Crippen molar-refractivity contribution < 1.29 is 28.9 Å². The fourth-order valence-corrected chi connectivity index (χ4v) is 2.03. The van der Waals surface area contributed by atoms with E-state index < -0.39 is 22.3 Å². The summed E-state index contributed by atoms with van der Waals surface area (Å²) < 4.78 is 0. The molecule has 2 rings (SSSR count). The molecule has 0 fully saturated rings. The van der Waals surface area contributed by atoms with Crippen LogP contribution in [0.2, 0.25) is 0 Å². The number of hydroxylamine groups is 4. The smallest absolute Gasteiger partial charge is 0.274 e. The Balaban J connectivity index is 0.000000325. The van der Waals surface area contributed by atoms with E-state index in [0.717, 1.165) is 10.1 Å². The van der Waals surface area contributed by atoms with Gasteiger partial charge in [0, 0.05) is 14.1 Å². The molecule has 2 amide bonds. The summed E-state index contributed by atoms with van der Waals surface area (Å²) in [4.78, 5) is 61.8. The Morgan fingerprint density at radius 2 is 1.00 bits per heavy atom. The SMILES string of the molecule is CON(C)C(=O)c1cccc(C(=O)N(C)OC)n1.O=C(Cl)c1cccc(C(=O)Cl)n1. The third kappa shape index (κ3) is 7.16. The molecule has 0 saturated heterocycles. The highest BCUT2D eigenvalue weighted by atomic mass is 35.5. The van der Waals surface area contributed by atoms with Crippen LogP contribution >= 0.6 is 23.2 Å². The van der Waals surface area contributed by atoms with Crippen LogP contribution < -0.4 is 0 Å². The molecule has 0 spiro atoms. The van der Waals surface area contributed by atoms with Crippen molar-refractivity contribution >= 4 is 45.5 Å². The van der Waals surface area contributed by atoms with Crippen molar-refractivity contribution in [1.29, 1.82) is 0 Å². The van der Waals surface area contributed by atoms with Crippen molar-refractivity contribution in [1.82, 2.24) is 20.1 Å². The molecule has 0 unspecified atom stereocenters. The molecule has 0 aliphatic rings. The second-order valence-corrected chi connectivity index (χ2v) is 6.02. The second-order valence-electron chi connectivity index (χ2n) is 5.33. The summed E-state index contributed by atoms with van der Waals surface area (Å²) in [6.07, 6.45) is 0. The number of pyridine rings is 2. The predicted molar refractivity (Wildman–Crippen MR) is 107 cm³/mol. The van der Waals surface area contributed by atoms with Gasteiger partial charge in [0.15, 0.2) is 0 Å². The number of hydrogen-bond acceptors (Lipinski definition) is 8. The standard InChI is InChI=1S/C11H15N3O4.C7H3Cl2NO2/c1-13(17-3)10(15)8-6-5-7-9(12-8)11(16)14(2)18-4;8-6(11)4-2-1-3-5(10-4)7(9)12/h5-7H,1-4H3;1-3H. The molecule has 0 bridgehead atoms. The summed E-state index contributed by atoms with van der Waals surface area (Å²) in [6.45, 7) is 0. The lowest BCUT2D eigenvalue weighted by molar-refractivity contribution is -0.0769. The number of carbonyl (C=O) groups is 4. The van der Waals surface area contributed by atoms with E-state index in [1.165, 1.54) is 58.6 Å². The van der Waals surface area contributed by atoms with Crippen LogP contribution in [0.1, 0.15) is 42.0 Å². The number of amides is 2. The number of carbonyl (C=O) groups excluding carboxylic acids is 4. The van der Waals surface area contributed by atoms with Gasteiger partial charge < -0.3 is 0 Å². The zero-order chi connectivity index (χ0) is 22.8.